The van der Waals surface area contributed by atoms with Gasteiger partial charge in [-0.25, -0.2) is 13.8 Å². The molecule has 8 heteroatoms. The fourth-order valence-corrected chi connectivity index (χ4v) is 2.10. The van der Waals surface area contributed by atoms with Crippen LogP contribution >= 0.6 is 0 Å². The van der Waals surface area contributed by atoms with E-state index in [9.17, 15) is 13.6 Å². The highest BCUT2D eigenvalue weighted by Crippen LogP contribution is 2.25. The Labute approximate surface area is 135 Å². The summed E-state index contributed by atoms with van der Waals surface area (Å²) in [4.78, 5) is 16.1. The highest BCUT2D eigenvalue weighted by molar-refractivity contribution is 5.92. The average molecular weight is 330 g/mol. The van der Waals surface area contributed by atoms with Crippen molar-refractivity contribution in [1.29, 1.82) is 0 Å². The monoisotopic (exact) mass is 330 g/mol. The summed E-state index contributed by atoms with van der Waals surface area (Å²) in [5.74, 6) is -2.01. The predicted molar refractivity (Wildman–Crippen MR) is 81.7 cm³/mol. The van der Waals surface area contributed by atoms with E-state index in [0.717, 1.165) is 12.1 Å². The number of aromatic nitrogens is 2. The topological polar surface area (TPSA) is 94.0 Å². The molecule has 6 nitrogen and oxygen atoms in total. The van der Waals surface area contributed by atoms with Gasteiger partial charge in [0.1, 0.15) is 23.1 Å². The van der Waals surface area contributed by atoms with E-state index in [1.165, 1.54) is 12.1 Å². The second-order valence-corrected chi connectivity index (χ2v) is 4.91. The molecule has 1 aromatic carbocycles. The number of nitrogens with zero attached hydrogens (tertiary/aromatic N) is 2. The van der Waals surface area contributed by atoms with Crippen molar-refractivity contribution in [2.24, 2.45) is 0 Å². The average Bonchev–Trinajstić information content (AvgIpc) is 3.02. The van der Waals surface area contributed by atoms with Gasteiger partial charge < -0.3 is 15.6 Å². The Hall–Kier alpha value is -3.29. The lowest BCUT2D eigenvalue weighted by atomic mass is 10.1. The predicted octanol–water partition coefficient (Wildman–Crippen LogP) is 2.53. The summed E-state index contributed by atoms with van der Waals surface area (Å²) in [6.07, 6.45) is 0. The minimum Gasteiger partial charge on any atom is -0.384 e. The van der Waals surface area contributed by atoms with E-state index in [-0.39, 0.29) is 23.6 Å². The third-order valence-electron chi connectivity index (χ3n) is 3.21. The molecular weight excluding hydrogens is 318 g/mol. The van der Waals surface area contributed by atoms with Crippen molar-refractivity contribution >= 4 is 11.7 Å². The van der Waals surface area contributed by atoms with E-state index >= 15 is 0 Å². The summed E-state index contributed by atoms with van der Waals surface area (Å²) in [5.41, 5.74) is 5.66. The maximum atomic E-state index is 13.7. The Kier molecular flexibility index (Phi) is 4.19. The number of rotatable bonds is 4. The first-order valence-corrected chi connectivity index (χ1v) is 6.95. The summed E-state index contributed by atoms with van der Waals surface area (Å²) < 4.78 is 32.3. The van der Waals surface area contributed by atoms with Crippen molar-refractivity contribution in [2.75, 3.05) is 5.73 Å². The van der Waals surface area contributed by atoms with Crippen LogP contribution in [-0.4, -0.2) is 16.0 Å². The number of nitrogen functional groups attached to an aromatic ring is 1. The molecule has 3 rings (SSSR count). The summed E-state index contributed by atoms with van der Waals surface area (Å²) in [6, 6.07) is 9.62. The normalized spacial score (nSPS) is 10.6. The molecule has 24 heavy (non-hydrogen) atoms. The molecule has 122 valence electrons. The van der Waals surface area contributed by atoms with Crippen LogP contribution in [0.3, 0.4) is 0 Å². The summed E-state index contributed by atoms with van der Waals surface area (Å²) in [5, 5.41) is 6.11. The van der Waals surface area contributed by atoms with Gasteiger partial charge in [0.15, 0.2) is 0 Å². The van der Waals surface area contributed by atoms with Crippen molar-refractivity contribution in [1.82, 2.24) is 15.5 Å². The largest absolute Gasteiger partial charge is 0.384 e. The SMILES string of the molecule is Nc1cccc(CNC(=O)c2cc(-c3c(F)cccc3F)no2)n1. The number of amides is 1. The quantitative estimate of drug-likeness (QED) is 0.766. The van der Waals surface area contributed by atoms with Gasteiger partial charge in [-0.2, -0.15) is 0 Å². The maximum Gasteiger partial charge on any atom is 0.290 e. The molecule has 0 spiro atoms. The number of hydrogen-bond donors (Lipinski definition) is 2. The van der Waals surface area contributed by atoms with E-state index < -0.39 is 17.5 Å². The number of nitrogens with two attached hydrogens (primary N) is 1. The van der Waals surface area contributed by atoms with Gasteiger partial charge in [-0.05, 0) is 24.3 Å². The van der Waals surface area contributed by atoms with Crippen molar-refractivity contribution in [3.05, 3.63) is 65.6 Å². The molecule has 3 aromatic rings. The van der Waals surface area contributed by atoms with Crippen LogP contribution in [0.2, 0.25) is 0 Å². The molecular formula is C16H12F2N4O2. The number of halogens is 2. The van der Waals surface area contributed by atoms with Crippen LogP contribution in [0.25, 0.3) is 11.3 Å². The molecule has 0 aliphatic carbocycles. The van der Waals surface area contributed by atoms with Gasteiger partial charge in [-0.1, -0.05) is 17.3 Å². The summed E-state index contributed by atoms with van der Waals surface area (Å²) in [7, 11) is 0. The molecule has 2 aromatic heterocycles. The zero-order chi connectivity index (χ0) is 17.1. The van der Waals surface area contributed by atoms with Gasteiger partial charge >= 0.3 is 0 Å². The number of carbonyl (C=O) groups excluding carboxylic acids is 1. The molecule has 0 atom stereocenters. The highest BCUT2D eigenvalue weighted by Gasteiger charge is 2.19. The number of nitrogens with one attached hydrogen (secondary N) is 1. The van der Waals surface area contributed by atoms with E-state index in [4.69, 9.17) is 10.3 Å². The van der Waals surface area contributed by atoms with Gasteiger partial charge in [-0.3, -0.25) is 4.79 Å². The lowest BCUT2D eigenvalue weighted by molar-refractivity contribution is 0.0913. The Morgan fingerprint density at radius 1 is 1.17 bits per heavy atom. The molecule has 1 amide bonds. The summed E-state index contributed by atoms with van der Waals surface area (Å²) in [6.45, 7) is 0.119. The minimum atomic E-state index is -0.792. The molecule has 0 radical (unpaired) electrons. The number of carbonyl (C=O) groups is 1. The Bertz CT molecular complexity index is 875. The highest BCUT2D eigenvalue weighted by atomic mass is 19.1. The Morgan fingerprint density at radius 3 is 2.58 bits per heavy atom. The van der Waals surface area contributed by atoms with Crippen LogP contribution in [0.15, 0.2) is 47.0 Å². The first-order valence-electron chi connectivity index (χ1n) is 6.95. The maximum absolute atomic E-state index is 13.7. The zero-order valence-corrected chi connectivity index (χ0v) is 12.3. The van der Waals surface area contributed by atoms with Gasteiger partial charge in [0.2, 0.25) is 5.76 Å². The van der Waals surface area contributed by atoms with Crippen LogP contribution in [0.4, 0.5) is 14.6 Å². The minimum absolute atomic E-state index is 0.0992. The second kappa shape index (κ2) is 6.45. The lowest BCUT2D eigenvalue weighted by Gasteiger charge is -2.02. The van der Waals surface area contributed by atoms with Crippen molar-refractivity contribution in [2.45, 2.75) is 6.54 Å². The lowest BCUT2D eigenvalue weighted by Crippen LogP contribution is -2.22. The number of anilines is 1. The third-order valence-corrected chi connectivity index (χ3v) is 3.21. The summed E-state index contributed by atoms with van der Waals surface area (Å²) >= 11 is 0. The fourth-order valence-electron chi connectivity index (χ4n) is 2.10. The van der Waals surface area contributed by atoms with Crippen LogP contribution in [0.1, 0.15) is 16.2 Å². The number of hydrogen-bond acceptors (Lipinski definition) is 5. The van der Waals surface area contributed by atoms with E-state index in [1.807, 2.05) is 0 Å². The van der Waals surface area contributed by atoms with E-state index in [2.05, 4.69) is 15.5 Å². The molecule has 0 unspecified atom stereocenters. The molecule has 2 heterocycles. The van der Waals surface area contributed by atoms with Crippen molar-refractivity contribution in [3.8, 4) is 11.3 Å². The Balaban J connectivity index is 1.74. The molecule has 0 aliphatic rings. The smallest absolute Gasteiger partial charge is 0.290 e. The first kappa shape index (κ1) is 15.6. The third kappa shape index (κ3) is 3.22. The van der Waals surface area contributed by atoms with E-state index in [0.29, 0.717) is 11.5 Å². The number of benzene rings is 1. The van der Waals surface area contributed by atoms with Crippen LogP contribution in [0, 0.1) is 11.6 Å². The zero-order valence-electron chi connectivity index (χ0n) is 12.3. The molecule has 0 bridgehead atoms. The number of pyridine rings is 1. The molecule has 0 saturated heterocycles. The fraction of sp³-hybridized carbons (Fsp3) is 0.0625. The molecule has 0 fully saturated rings. The molecule has 0 aliphatic heterocycles. The first-order chi connectivity index (χ1) is 11.5. The molecule has 0 saturated carbocycles. The van der Waals surface area contributed by atoms with Crippen molar-refractivity contribution < 1.29 is 18.1 Å². The van der Waals surface area contributed by atoms with Gasteiger partial charge in [-0.15, -0.1) is 0 Å². The van der Waals surface area contributed by atoms with E-state index in [1.54, 1.807) is 18.2 Å². The van der Waals surface area contributed by atoms with Crippen LogP contribution in [-0.2, 0) is 6.54 Å². The van der Waals surface area contributed by atoms with Crippen LogP contribution < -0.4 is 11.1 Å². The second-order valence-electron chi connectivity index (χ2n) is 4.91. The van der Waals surface area contributed by atoms with Gasteiger partial charge in [0.25, 0.3) is 5.91 Å². The standard InChI is InChI=1S/C16H12F2N4O2/c17-10-4-2-5-11(18)15(10)12-7-13(24-22-12)16(23)20-8-9-3-1-6-14(19)21-9/h1-7H,8H2,(H2,19,21)(H,20,23). The van der Waals surface area contributed by atoms with Crippen LogP contribution in [0.5, 0.6) is 0 Å². The van der Waals surface area contributed by atoms with Gasteiger partial charge in [0, 0.05) is 6.07 Å². The van der Waals surface area contributed by atoms with Gasteiger partial charge in [0.05, 0.1) is 17.8 Å². The molecule has 3 N–H and O–H groups in total. The van der Waals surface area contributed by atoms with Crippen molar-refractivity contribution in [3.63, 3.8) is 0 Å². The Morgan fingerprint density at radius 2 is 1.88 bits per heavy atom.